The zero-order valence-electron chi connectivity index (χ0n) is 10.1. The van der Waals surface area contributed by atoms with Crippen LogP contribution in [0.3, 0.4) is 0 Å². The summed E-state index contributed by atoms with van der Waals surface area (Å²) < 4.78 is 82.8. The molecule has 0 aliphatic rings. The second-order valence-electron chi connectivity index (χ2n) is 2.48. The fourth-order valence-electron chi connectivity index (χ4n) is 0.705. The van der Waals surface area contributed by atoms with Gasteiger partial charge in [-0.1, -0.05) is 18.2 Å². The third-order valence-electron chi connectivity index (χ3n) is 1.37. The lowest BCUT2D eigenvalue weighted by molar-refractivity contribution is -0.0500. The van der Waals surface area contributed by atoms with Crippen LogP contribution in [0.5, 0.6) is 5.75 Å². The van der Waals surface area contributed by atoms with Crippen LogP contribution >= 0.6 is 0 Å². The number of aryl methyl sites for hydroxylation is 1. The summed E-state index contributed by atoms with van der Waals surface area (Å²) in [5.41, 5.74) is -6.23. The average Bonchev–Trinajstić information content (AvgIpc) is 2.14. The van der Waals surface area contributed by atoms with E-state index in [0.29, 0.717) is 0 Å². The minimum Gasteiger partial charge on any atom is -0.376 e. The fourth-order valence-corrected chi connectivity index (χ4v) is 1.18. The van der Waals surface area contributed by atoms with E-state index in [9.17, 15) is 21.6 Å². The van der Waals surface area contributed by atoms with Crippen LogP contribution in [-0.4, -0.2) is 13.9 Å². The van der Waals surface area contributed by atoms with E-state index in [1.165, 1.54) is 6.07 Å². The van der Waals surface area contributed by atoms with E-state index in [-0.39, 0.29) is 0 Å². The van der Waals surface area contributed by atoms with Crippen molar-refractivity contribution in [2.24, 2.45) is 0 Å². The van der Waals surface area contributed by atoms with Crippen molar-refractivity contribution in [2.75, 3.05) is 0 Å². The number of hydrogen-bond acceptors (Lipinski definition) is 3. The van der Waals surface area contributed by atoms with E-state index >= 15 is 0 Å². The Morgan fingerprint density at radius 1 is 1.33 bits per heavy atom. The molecular formula is C8H7F3O3S. The first-order valence-electron chi connectivity index (χ1n) is 5.05. The van der Waals surface area contributed by atoms with Crippen LogP contribution in [0.4, 0.5) is 13.2 Å². The maximum atomic E-state index is 12.1. The van der Waals surface area contributed by atoms with Gasteiger partial charge in [0.05, 0.1) is 0 Å². The Morgan fingerprint density at radius 2 is 1.93 bits per heavy atom. The zero-order valence-corrected chi connectivity index (χ0v) is 7.89. The van der Waals surface area contributed by atoms with Gasteiger partial charge in [0.1, 0.15) is 5.75 Å². The predicted molar refractivity (Wildman–Crippen MR) is 46.8 cm³/mol. The summed E-state index contributed by atoms with van der Waals surface area (Å²) in [6, 6.07) is 4.21. The van der Waals surface area contributed by atoms with E-state index in [1.54, 1.807) is 0 Å². The first kappa shape index (κ1) is 7.98. The standard InChI is InChI=1S/C8H7F3O3S/c1-6-4-2-3-5-7(6)14-15(12,13)8(9,10)11/h2-5H,1H3/i1D3. The number of rotatable bonds is 2. The summed E-state index contributed by atoms with van der Waals surface area (Å²) in [7, 11) is -5.88. The van der Waals surface area contributed by atoms with Crippen LogP contribution in [0.1, 0.15) is 9.68 Å². The van der Waals surface area contributed by atoms with Crippen LogP contribution in [0.15, 0.2) is 24.3 Å². The van der Waals surface area contributed by atoms with Crippen molar-refractivity contribution < 1.29 is 29.9 Å². The SMILES string of the molecule is [2H]C([2H])([2H])c1ccccc1OS(=O)(=O)C(F)(F)F. The van der Waals surface area contributed by atoms with Gasteiger partial charge in [-0.2, -0.15) is 21.6 Å². The number of alkyl halides is 3. The minimum atomic E-state index is -5.88. The molecule has 0 unspecified atom stereocenters. The molecule has 84 valence electrons. The lowest BCUT2D eigenvalue weighted by Gasteiger charge is -2.10. The molecule has 3 nitrogen and oxygen atoms in total. The maximum Gasteiger partial charge on any atom is 0.534 e. The van der Waals surface area contributed by atoms with Gasteiger partial charge in [0.25, 0.3) is 0 Å². The molecule has 0 amide bonds. The van der Waals surface area contributed by atoms with Crippen LogP contribution < -0.4 is 4.18 Å². The second-order valence-corrected chi connectivity index (χ2v) is 4.02. The summed E-state index contributed by atoms with van der Waals surface area (Å²) in [6.07, 6.45) is 0. The summed E-state index contributed by atoms with van der Waals surface area (Å²) in [5.74, 6) is -0.866. The highest BCUT2D eigenvalue weighted by atomic mass is 32.2. The summed E-state index contributed by atoms with van der Waals surface area (Å²) >= 11 is 0. The quantitative estimate of drug-likeness (QED) is 0.591. The number of hydrogen-bond donors (Lipinski definition) is 0. The first-order valence-corrected chi connectivity index (χ1v) is 4.96. The summed E-state index contributed by atoms with van der Waals surface area (Å²) in [6.45, 7) is -2.78. The second kappa shape index (κ2) is 3.73. The third-order valence-corrected chi connectivity index (χ3v) is 2.34. The van der Waals surface area contributed by atoms with Crippen molar-refractivity contribution in [3.63, 3.8) is 0 Å². The van der Waals surface area contributed by atoms with Crippen molar-refractivity contribution in [1.82, 2.24) is 0 Å². The van der Waals surface area contributed by atoms with Gasteiger partial charge in [0.2, 0.25) is 0 Å². The number of benzene rings is 1. The normalized spacial score (nSPS) is 16.3. The molecule has 0 heterocycles. The third kappa shape index (κ3) is 2.62. The van der Waals surface area contributed by atoms with E-state index in [0.717, 1.165) is 18.2 Å². The molecule has 15 heavy (non-hydrogen) atoms. The summed E-state index contributed by atoms with van der Waals surface area (Å²) in [5, 5.41) is 0. The molecule has 0 bridgehead atoms. The van der Waals surface area contributed by atoms with Gasteiger partial charge >= 0.3 is 15.6 Å². The van der Waals surface area contributed by atoms with Gasteiger partial charge in [-0.3, -0.25) is 0 Å². The van der Waals surface area contributed by atoms with Gasteiger partial charge in [-0.15, -0.1) is 0 Å². The van der Waals surface area contributed by atoms with Crippen LogP contribution in [-0.2, 0) is 10.1 Å². The minimum absolute atomic E-state index is 0.613. The van der Waals surface area contributed by atoms with Crippen LogP contribution in [0, 0.1) is 6.85 Å². The maximum absolute atomic E-state index is 12.1. The zero-order chi connectivity index (χ0) is 14.2. The Hall–Kier alpha value is -1.24. The number of para-hydroxylation sites is 1. The van der Waals surface area contributed by atoms with Crippen molar-refractivity contribution >= 4 is 10.1 Å². The molecule has 0 radical (unpaired) electrons. The van der Waals surface area contributed by atoms with Crippen molar-refractivity contribution in [2.45, 2.75) is 12.4 Å². The van der Waals surface area contributed by atoms with Crippen molar-refractivity contribution in [3.05, 3.63) is 29.8 Å². The molecule has 0 saturated carbocycles. The molecule has 0 aromatic heterocycles. The highest BCUT2D eigenvalue weighted by Gasteiger charge is 2.48. The highest BCUT2D eigenvalue weighted by Crippen LogP contribution is 2.28. The molecule has 0 N–H and O–H groups in total. The largest absolute Gasteiger partial charge is 0.534 e. The molecule has 1 aromatic rings. The Bertz CT molecular complexity index is 536. The first-order chi connectivity index (χ1) is 7.95. The van der Waals surface area contributed by atoms with Gasteiger partial charge in [0.15, 0.2) is 0 Å². The van der Waals surface area contributed by atoms with Crippen molar-refractivity contribution in [3.8, 4) is 5.75 Å². The van der Waals surface area contributed by atoms with Gasteiger partial charge in [-0.25, -0.2) is 0 Å². The Labute approximate surface area is 88.8 Å². The highest BCUT2D eigenvalue weighted by molar-refractivity contribution is 7.88. The molecule has 1 rings (SSSR count). The van der Waals surface area contributed by atoms with E-state index in [4.69, 9.17) is 4.11 Å². The molecule has 0 atom stereocenters. The Kier molecular flexibility index (Phi) is 1.98. The lowest BCUT2D eigenvalue weighted by atomic mass is 10.2. The van der Waals surface area contributed by atoms with Crippen LogP contribution in [0.2, 0.25) is 0 Å². The molecule has 0 fully saturated rings. The van der Waals surface area contributed by atoms with E-state index in [1.807, 2.05) is 0 Å². The molecule has 7 heteroatoms. The molecule has 0 spiro atoms. The average molecular weight is 243 g/mol. The monoisotopic (exact) mass is 243 g/mol. The van der Waals surface area contributed by atoms with E-state index < -0.39 is 33.8 Å². The fraction of sp³-hybridized carbons (Fsp3) is 0.250. The van der Waals surface area contributed by atoms with Gasteiger partial charge < -0.3 is 4.18 Å². The molecular weight excluding hydrogens is 233 g/mol. The molecule has 0 aliphatic heterocycles. The smallest absolute Gasteiger partial charge is 0.376 e. The van der Waals surface area contributed by atoms with Crippen LogP contribution in [0.25, 0.3) is 0 Å². The topological polar surface area (TPSA) is 43.4 Å². The Morgan fingerprint density at radius 3 is 2.47 bits per heavy atom. The van der Waals surface area contributed by atoms with Gasteiger partial charge in [-0.05, 0) is 18.5 Å². The summed E-state index contributed by atoms with van der Waals surface area (Å²) in [4.78, 5) is 0. The van der Waals surface area contributed by atoms with Gasteiger partial charge in [0, 0.05) is 4.11 Å². The Balaban J connectivity index is 3.22. The predicted octanol–water partition coefficient (Wildman–Crippen LogP) is 2.22. The molecule has 0 saturated heterocycles. The number of halogens is 3. The molecule has 0 aliphatic carbocycles. The molecule has 1 aromatic carbocycles. The lowest BCUT2D eigenvalue weighted by Crippen LogP contribution is -2.28. The van der Waals surface area contributed by atoms with Crippen molar-refractivity contribution in [1.29, 1.82) is 0 Å². The van der Waals surface area contributed by atoms with E-state index in [2.05, 4.69) is 4.18 Å².